The molecular formula is C11H12N2O6. The number of hydrogen-bond donors (Lipinski definition) is 0. The van der Waals surface area contributed by atoms with Crippen LogP contribution in [0.5, 0.6) is 5.75 Å². The number of benzene rings is 1. The molecule has 0 aromatic heterocycles. The zero-order valence-electron chi connectivity index (χ0n) is 10.6. The Balaban J connectivity index is 3.29. The van der Waals surface area contributed by atoms with Crippen molar-refractivity contribution in [1.29, 1.82) is 0 Å². The van der Waals surface area contributed by atoms with Gasteiger partial charge in [-0.05, 0) is 26.8 Å². The molecule has 102 valence electrons. The third-order valence-corrected chi connectivity index (χ3v) is 2.17. The Morgan fingerprint density at radius 2 is 1.74 bits per heavy atom. The summed E-state index contributed by atoms with van der Waals surface area (Å²) in [5.74, 6) is -1.14. The topological polar surface area (TPSA) is 113 Å². The van der Waals surface area contributed by atoms with Gasteiger partial charge in [0.15, 0.2) is 0 Å². The maximum Gasteiger partial charge on any atom is 0.388 e. The summed E-state index contributed by atoms with van der Waals surface area (Å²) in [6.07, 6.45) is 0. The van der Waals surface area contributed by atoms with Crippen LogP contribution in [0, 0.1) is 25.6 Å². The Hall–Kier alpha value is -2.51. The second-order valence-corrected chi connectivity index (χ2v) is 4.78. The summed E-state index contributed by atoms with van der Waals surface area (Å²) in [6, 6.07) is 3.34. The van der Waals surface area contributed by atoms with E-state index in [9.17, 15) is 25.0 Å². The maximum atomic E-state index is 11.7. The van der Waals surface area contributed by atoms with Crippen molar-refractivity contribution in [2.75, 3.05) is 0 Å². The van der Waals surface area contributed by atoms with Crippen LogP contribution in [-0.2, 0) is 4.79 Å². The molecule has 0 bridgehead atoms. The number of nitro groups is 2. The first kappa shape index (κ1) is 14.6. The zero-order valence-corrected chi connectivity index (χ0v) is 10.6. The Morgan fingerprint density at radius 3 is 2.16 bits per heavy atom. The van der Waals surface area contributed by atoms with Crippen molar-refractivity contribution in [2.45, 2.75) is 20.8 Å². The summed E-state index contributed by atoms with van der Waals surface area (Å²) in [5.41, 5.74) is -2.42. The molecular weight excluding hydrogens is 256 g/mol. The number of rotatable bonds is 3. The third-order valence-electron chi connectivity index (χ3n) is 2.17. The van der Waals surface area contributed by atoms with E-state index in [1.165, 1.54) is 6.07 Å². The molecule has 0 N–H and O–H groups in total. The van der Waals surface area contributed by atoms with Crippen molar-refractivity contribution in [3.05, 3.63) is 38.4 Å². The van der Waals surface area contributed by atoms with E-state index in [0.717, 1.165) is 12.1 Å². The summed E-state index contributed by atoms with van der Waals surface area (Å²) >= 11 is 0. The van der Waals surface area contributed by atoms with E-state index in [1.807, 2.05) is 0 Å². The van der Waals surface area contributed by atoms with E-state index in [-0.39, 0.29) is 0 Å². The second-order valence-electron chi connectivity index (χ2n) is 4.78. The van der Waals surface area contributed by atoms with E-state index in [2.05, 4.69) is 0 Å². The predicted molar refractivity (Wildman–Crippen MR) is 64.8 cm³/mol. The molecule has 0 aliphatic rings. The van der Waals surface area contributed by atoms with E-state index in [0.29, 0.717) is 0 Å². The molecule has 0 radical (unpaired) electrons. The van der Waals surface area contributed by atoms with Crippen molar-refractivity contribution in [1.82, 2.24) is 0 Å². The molecule has 8 nitrogen and oxygen atoms in total. The SMILES string of the molecule is CC(C)(C)C(=O)Oc1cccc([N+](=O)[O-])c1[N+](=O)[O-]. The number of ether oxygens (including phenoxy) is 1. The molecule has 0 spiro atoms. The van der Waals surface area contributed by atoms with Crippen LogP contribution in [0.3, 0.4) is 0 Å². The molecule has 0 aliphatic carbocycles. The number of esters is 1. The molecule has 1 rings (SSSR count). The van der Waals surface area contributed by atoms with Crippen molar-refractivity contribution < 1.29 is 19.4 Å². The molecule has 1 aromatic carbocycles. The summed E-state index contributed by atoms with van der Waals surface area (Å²) < 4.78 is 4.88. The molecule has 0 heterocycles. The fourth-order valence-electron chi connectivity index (χ4n) is 1.18. The number of hydrogen-bond acceptors (Lipinski definition) is 6. The minimum absolute atomic E-state index is 0.431. The van der Waals surface area contributed by atoms with Gasteiger partial charge in [0.2, 0.25) is 5.75 Å². The van der Waals surface area contributed by atoms with Gasteiger partial charge >= 0.3 is 17.3 Å². The monoisotopic (exact) mass is 268 g/mol. The molecule has 0 amide bonds. The van der Waals surface area contributed by atoms with Gasteiger partial charge < -0.3 is 4.74 Å². The van der Waals surface area contributed by atoms with Crippen LogP contribution in [0.2, 0.25) is 0 Å². The highest BCUT2D eigenvalue weighted by Gasteiger charge is 2.33. The minimum Gasteiger partial charge on any atom is -0.418 e. The molecule has 0 atom stereocenters. The first-order valence-corrected chi connectivity index (χ1v) is 5.28. The smallest absolute Gasteiger partial charge is 0.388 e. The third kappa shape index (κ3) is 3.24. The van der Waals surface area contributed by atoms with Crippen molar-refractivity contribution in [3.8, 4) is 5.75 Å². The average Bonchev–Trinajstić information content (AvgIpc) is 2.26. The number of para-hydroxylation sites is 1. The van der Waals surface area contributed by atoms with Crippen LogP contribution in [0.4, 0.5) is 11.4 Å². The molecule has 1 aromatic rings. The highest BCUT2D eigenvalue weighted by Crippen LogP contribution is 2.37. The number of nitro benzene ring substituents is 2. The predicted octanol–water partition coefficient (Wildman–Crippen LogP) is 2.45. The molecule has 19 heavy (non-hydrogen) atoms. The van der Waals surface area contributed by atoms with E-state index in [4.69, 9.17) is 4.74 Å². The number of carbonyl (C=O) groups is 1. The molecule has 0 unspecified atom stereocenters. The van der Waals surface area contributed by atoms with Crippen LogP contribution in [0.1, 0.15) is 20.8 Å². The van der Waals surface area contributed by atoms with Crippen LogP contribution < -0.4 is 4.74 Å². The maximum absolute atomic E-state index is 11.7. The summed E-state index contributed by atoms with van der Waals surface area (Å²) in [5, 5.41) is 21.6. The number of nitrogens with zero attached hydrogens (tertiary/aromatic N) is 2. The van der Waals surface area contributed by atoms with E-state index < -0.39 is 38.4 Å². The fraction of sp³-hybridized carbons (Fsp3) is 0.364. The normalized spacial score (nSPS) is 10.9. The quantitative estimate of drug-likeness (QED) is 0.360. The highest BCUT2D eigenvalue weighted by atomic mass is 16.6. The molecule has 0 saturated carbocycles. The summed E-state index contributed by atoms with van der Waals surface area (Å²) in [7, 11) is 0. The lowest BCUT2D eigenvalue weighted by Gasteiger charge is -2.15. The average molecular weight is 268 g/mol. The molecule has 0 fully saturated rings. The van der Waals surface area contributed by atoms with Gasteiger partial charge in [0.05, 0.1) is 15.3 Å². The Morgan fingerprint density at radius 1 is 1.16 bits per heavy atom. The first-order valence-electron chi connectivity index (χ1n) is 5.28. The van der Waals surface area contributed by atoms with Crippen molar-refractivity contribution in [2.24, 2.45) is 5.41 Å². The van der Waals surface area contributed by atoms with Crippen molar-refractivity contribution in [3.63, 3.8) is 0 Å². The van der Waals surface area contributed by atoms with Gasteiger partial charge in [-0.3, -0.25) is 25.0 Å². The lowest BCUT2D eigenvalue weighted by molar-refractivity contribution is -0.423. The van der Waals surface area contributed by atoms with E-state index >= 15 is 0 Å². The van der Waals surface area contributed by atoms with Crippen LogP contribution >= 0.6 is 0 Å². The molecule has 0 aliphatic heterocycles. The fourth-order valence-corrected chi connectivity index (χ4v) is 1.18. The Labute approximate surface area is 108 Å². The van der Waals surface area contributed by atoms with Gasteiger partial charge in [0.25, 0.3) is 0 Å². The van der Waals surface area contributed by atoms with Crippen LogP contribution in [0.15, 0.2) is 18.2 Å². The van der Waals surface area contributed by atoms with Crippen molar-refractivity contribution >= 4 is 17.3 Å². The van der Waals surface area contributed by atoms with Crippen LogP contribution in [0.25, 0.3) is 0 Å². The molecule has 8 heteroatoms. The zero-order chi connectivity index (χ0) is 14.8. The number of carbonyl (C=O) groups excluding carboxylic acids is 1. The minimum atomic E-state index is -0.941. The van der Waals surface area contributed by atoms with Gasteiger partial charge in [-0.15, -0.1) is 0 Å². The summed E-state index contributed by atoms with van der Waals surface area (Å²) in [6.45, 7) is 4.70. The van der Waals surface area contributed by atoms with Gasteiger partial charge in [-0.1, -0.05) is 6.07 Å². The highest BCUT2D eigenvalue weighted by molar-refractivity contribution is 5.79. The molecule has 0 saturated heterocycles. The van der Waals surface area contributed by atoms with Crippen LogP contribution in [-0.4, -0.2) is 15.8 Å². The van der Waals surface area contributed by atoms with Gasteiger partial charge in [-0.2, -0.15) is 0 Å². The first-order chi connectivity index (χ1) is 8.64. The lowest BCUT2D eigenvalue weighted by atomic mass is 9.97. The largest absolute Gasteiger partial charge is 0.418 e. The van der Waals surface area contributed by atoms with Gasteiger partial charge in [0.1, 0.15) is 0 Å². The second kappa shape index (κ2) is 5.01. The van der Waals surface area contributed by atoms with E-state index in [1.54, 1.807) is 20.8 Å². The summed E-state index contributed by atoms with van der Waals surface area (Å²) in [4.78, 5) is 31.4. The van der Waals surface area contributed by atoms with Gasteiger partial charge in [-0.25, -0.2) is 0 Å². The lowest BCUT2D eigenvalue weighted by Crippen LogP contribution is -2.25. The Bertz CT molecular complexity index is 547. The standard InChI is InChI=1S/C11H12N2O6/c1-11(2,3)10(14)19-8-6-4-5-7(12(15)16)9(8)13(17)18/h4-6H,1-3H3. The Kier molecular flexibility index (Phi) is 3.83. The van der Waals surface area contributed by atoms with Gasteiger partial charge in [0, 0.05) is 6.07 Å².